The summed E-state index contributed by atoms with van der Waals surface area (Å²) in [7, 11) is 1.89. The first-order chi connectivity index (χ1) is 9.02. The monoisotopic (exact) mass is 396 g/mol. The zero-order valence-corrected chi connectivity index (χ0v) is 16.2. The number of aliphatic imine (C=N–C) groups is 1. The molecule has 0 aliphatic carbocycles. The van der Waals surface area contributed by atoms with Gasteiger partial charge in [0.25, 0.3) is 0 Å². The molecular weight excluding hydrogens is 363 g/mol. The van der Waals surface area contributed by atoms with Crippen LogP contribution in [0.1, 0.15) is 40.5 Å². The number of halogens is 1. The van der Waals surface area contributed by atoms with Gasteiger partial charge in [0.05, 0.1) is 0 Å². The van der Waals surface area contributed by atoms with E-state index in [0.29, 0.717) is 5.41 Å². The maximum Gasteiger partial charge on any atom is 0.193 e. The van der Waals surface area contributed by atoms with Crippen molar-refractivity contribution in [1.29, 1.82) is 0 Å². The molecule has 0 atom stereocenters. The highest BCUT2D eigenvalue weighted by Crippen LogP contribution is 2.28. The molecule has 0 aromatic rings. The molecule has 4 nitrogen and oxygen atoms in total. The summed E-state index contributed by atoms with van der Waals surface area (Å²) in [6.45, 7) is 15.8. The number of likely N-dealkylation sites (N-methyl/N-ethyl adjacent to an activating group) is 1. The lowest BCUT2D eigenvalue weighted by Crippen LogP contribution is -2.43. The lowest BCUT2D eigenvalue weighted by Gasteiger charge is -2.25. The van der Waals surface area contributed by atoms with Crippen molar-refractivity contribution in [2.45, 2.75) is 40.5 Å². The molecule has 0 saturated carbocycles. The highest BCUT2D eigenvalue weighted by atomic mass is 127. The zero-order chi connectivity index (χ0) is 14.3. The van der Waals surface area contributed by atoms with Crippen molar-refractivity contribution in [2.75, 3.05) is 46.3 Å². The van der Waals surface area contributed by atoms with E-state index in [-0.39, 0.29) is 24.0 Å². The summed E-state index contributed by atoms with van der Waals surface area (Å²) in [6.07, 6.45) is 2.48. The lowest BCUT2D eigenvalue weighted by molar-refractivity contribution is 0.291. The van der Waals surface area contributed by atoms with Crippen molar-refractivity contribution in [3.05, 3.63) is 0 Å². The van der Waals surface area contributed by atoms with Crippen LogP contribution in [-0.2, 0) is 0 Å². The normalized spacial score (nSPS) is 18.3. The van der Waals surface area contributed by atoms with Gasteiger partial charge in [0.2, 0.25) is 0 Å². The topological polar surface area (TPSA) is 30.9 Å². The molecule has 5 heteroatoms. The number of nitrogens with zero attached hydrogens (tertiary/aromatic N) is 3. The van der Waals surface area contributed by atoms with Crippen LogP contribution in [0.4, 0.5) is 0 Å². The molecule has 1 aliphatic heterocycles. The molecular formula is C15H33IN4. The van der Waals surface area contributed by atoms with Crippen LogP contribution < -0.4 is 5.32 Å². The summed E-state index contributed by atoms with van der Waals surface area (Å²) in [4.78, 5) is 9.28. The van der Waals surface area contributed by atoms with Gasteiger partial charge in [0, 0.05) is 33.2 Å². The first-order valence-corrected chi connectivity index (χ1v) is 7.70. The van der Waals surface area contributed by atoms with Gasteiger partial charge >= 0.3 is 0 Å². The maximum atomic E-state index is 4.42. The maximum absolute atomic E-state index is 4.42. The van der Waals surface area contributed by atoms with E-state index >= 15 is 0 Å². The second kappa shape index (κ2) is 9.82. The fourth-order valence-electron chi connectivity index (χ4n) is 2.70. The lowest BCUT2D eigenvalue weighted by atomic mass is 9.93. The number of rotatable bonds is 6. The molecule has 0 radical (unpaired) electrons. The van der Waals surface area contributed by atoms with Crippen molar-refractivity contribution in [3.8, 4) is 0 Å². The predicted octanol–water partition coefficient (Wildman–Crippen LogP) is 2.64. The minimum absolute atomic E-state index is 0. The van der Waals surface area contributed by atoms with E-state index in [4.69, 9.17) is 0 Å². The molecule has 0 aromatic heterocycles. The Bertz CT molecular complexity index is 292. The van der Waals surface area contributed by atoms with E-state index in [9.17, 15) is 0 Å². The molecule has 0 bridgehead atoms. The Morgan fingerprint density at radius 1 is 1.30 bits per heavy atom. The van der Waals surface area contributed by atoms with Gasteiger partial charge < -0.3 is 15.1 Å². The fraction of sp³-hybridized carbons (Fsp3) is 0.933. The van der Waals surface area contributed by atoms with Gasteiger partial charge in [0.1, 0.15) is 0 Å². The summed E-state index contributed by atoms with van der Waals surface area (Å²) >= 11 is 0. The third-order valence-electron chi connectivity index (χ3n) is 3.89. The highest BCUT2D eigenvalue weighted by molar-refractivity contribution is 14.0. The van der Waals surface area contributed by atoms with Crippen molar-refractivity contribution in [3.63, 3.8) is 0 Å². The van der Waals surface area contributed by atoms with Gasteiger partial charge in [-0.1, -0.05) is 27.7 Å². The van der Waals surface area contributed by atoms with Crippen molar-refractivity contribution < 1.29 is 0 Å². The molecule has 120 valence electrons. The smallest absolute Gasteiger partial charge is 0.193 e. The first kappa shape index (κ1) is 20.0. The van der Waals surface area contributed by atoms with Gasteiger partial charge in [-0.15, -0.1) is 24.0 Å². The Labute approximate surface area is 142 Å². The van der Waals surface area contributed by atoms with Crippen LogP contribution in [0, 0.1) is 5.41 Å². The molecule has 1 rings (SSSR count). The van der Waals surface area contributed by atoms with Crippen LogP contribution in [-0.4, -0.2) is 62.1 Å². The number of hydrogen-bond donors (Lipinski definition) is 1. The van der Waals surface area contributed by atoms with Crippen LogP contribution in [0.15, 0.2) is 4.99 Å². The van der Waals surface area contributed by atoms with Crippen LogP contribution in [0.25, 0.3) is 0 Å². The van der Waals surface area contributed by atoms with Crippen molar-refractivity contribution >= 4 is 29.9 Å². The quantitative estimate of drug-likeness (QED) is 0.426. The summed E-state index contributed by atoms with van der Waals surface area (Å²) in [5, 5.41) is 3.51. The van der Waals surface area contributed by atoms with Gasteiger partial charge in [-0.05, 0) is 31.3 Å². The first-order valence-electron chi connectivity index (χ1n) is 7.70. The minimum Gasteiger partial charge on any atom is -0.355 e. The number of hydrogen-bond acceptors (Lipinski definition) is 2. The summed E-state index contributed by atoms with van der Waals surface area (Å²) < 4.78 is 0. The summed E-state index contributed by atoms with van der Waals surface area (Å²) in [6, 6.07) is 0. The minimum atomic E-state index is 0. The second-order valence-corrected chi connectivity index (χ2v) is 6.24. The third-order valence-corrected chi connectivity index (χ3v) is 3.89. The Hall–Kier alpha value is -0.0400. The van der Waals surface area contributed by atoms with Gasteiger partial charge in [-0.25, -0.2) is 0 Å². The van der Waals surface area contributed by atoms with Crippen LogP contribution in [0.3, 0.4) is 0 Å². The van der Waals surface area contributed by atoms with Crippen molar-refractivity contribution in [1.82, 2.24) is 15.1 Å². The molecule has 0 amide bonds. The van der Waals surface area contributed by atoms with Crippen LogP contribution in [0.2, 0.25) is 0 Å². The molecule has 1 fully saturated rings. The average Bonchev–Trinajstić information content (AvgIpc) is 2.73. The number of guanidine groups is 1. The Kier molecular flexibility index (Phi) is 9.80. The van der Waals surface area contributed by atoms with Gasteiger partial charge in [-0.3, -0.25) is 4.99 Å². The third kappa shape index (κ3) is 6.61. The predicted molar refractivity (Wildman–Crippen MR) is 99.2 cm³/mol. The fourth-order valence-corrected chi connectivity index (χ4v) is 2.70. The van der Waals surface area contributed by atoms with Crippen LogP contribution in [0.5, 0.6) is 0 Å². The molecule has 1 saturated heterocycles. The summed E-state index contributed by atoms with van der Waals surface area (Å²) in [5.74, 6) is 1.07. The molecule has 0 spiro atoms. The molecule has 1 heterocycles. The molecule has 1 aliphatic rings. The number of likely N-dealkylation sites (tertiary alicyclic amines) is 1. The van der Waals surface area contributed by atoms with E-state index in [0.717, 1.165) is 38.7 Å². The second-order valence-electron chi connectivity index (χ2n) is 6.24. The molecule has 1 N–H and O–H groups in total. The largest absolute Gasteiger partial charge is 0.355 e. The Morgan fingerprint density at radius 2 is 2.00 bits per heavy atom. The van der Waals surface area contributed by atoms with Crippen LogP contribution >= 0.6 is 24.0 Å². The van der Waals surface area contributed by atoms with E-state index in [1.165, 1.54) is 19.4 Å². The Morgan fingerprint density at radius 3 is 2.45 bits per heavy atom. The SMILES string of the molecule is CCCN(CC)CCNC(=NC)N1CCC(C)(C)C1.I. The van der Waals surface area contributed by atoms with E-state index in [1.807, 2.05) is 7.05 Å². The average molecular weight is 396 g/mol. The number of nitrogens with one attached hydrogen (secondary N) is 1. The van der Waals surface area contributed by atoms with Crippen molar-refractivity contribution in [2.24, 2.45) is 10.4 Å². The Balaban J connectivity index is 0.00000361. The highest BCUT2D eigenvalue weighted by Gasteiger charge is 2.30. The molecule has 20 heavy (non-hydrogen) atoms. The molecule has 0 unspecified atom stereocenters. The molecule has 0 aromatic carbocycles. The standard InChI is InChI=1S/C15H32N4.HI/c1-6-10-18(7-2)12-9-17-14(16-5)19-11-8-15(3,4)13-19;/h6-13H2,1-5H3,(H,16,17);1H. The van der Waals surface area contributed by atoms with Gasteiger partial charge in [-0.2, -0.15) is 0 Å². The van der Waals surface area contributed by atoms with Gasteiger partial charge in [0.15, 0.2) is 5.96 Å². The summed E-state index contributed by atoms with van der Waals surface area (Å²) in [5.41, 5.74) is 0.426. The van der Waals surface area contributed by atoms with E-state index in [2.05, 4.69) is 47.8 Å². The zero-order valence-electron chi connectivity index (χ0n) is 13.9. The van der Waals surface area contributed by atoms with E-state index < -0.39 is 0 Å². The van der Waals surface area contributed by atoms with E-state index in [1.54, 1.807) is 0 Å².